The normalized spacial score (nSPS) is 11.9. The molecule has 2 aromatic heterocycles. The van der Waals surface area contributed by atoms with E-state index in [9.17, 15) is 13.2 Å². The fraction of sp³-hybridized carbons (Fsp3) is 0.462. The maximum atomic E-state index is 12.6. The van der Waals surface area contributed by atoms with E-state index in [4.69, 9.17) is 5.73 Å². The van der Waals surface area contributed by atoms with Crippen molar-refractivity contribution in [3.63, 3.8) is 0 Å². The van der Waals surface area contributed by atoms with Crippen molar-refractivity contribution < 1.29 is 13.2 Å². The van der Waals surface area contributed by atoms with E-state index in [2.05, 4.69) is 15.3 Å². The molecule has 0 unspecified atom stereocenters. The monoisotopic (exact) mass is 299 g/mol. The summed E-state index contributed by atoms with van der Waals surface area (Å²) in [7, 11) is 0. The molecule has 0 radical (unpaired) electrons. The van der Waals surface area contributed by atoms with Crippen LogP contribution >= 0.6 is 0 Å². The number of halogens is 3. The molecule has 21 heavy (non-hydrogen) atoms. The van der Waals surface area contributed by atoms with Gasteiger partial charge in [-0.2, -0.15) is 23.4 Å². The summed E-state index contributed by atoms with van der Waals surface area (Å²) in [4.78, 5) is 0. The summed E-state index contributed by atoms with van der Waals surface area (Å²) < 4.78 is 39.0. The largest absolute Gasteiger partial charge is 0.419 e. The Morgan fingerprint density at radius 1 is 1.14 bits per heavy atom. The van der Waals surface area contributed by atoms with Gasteiger partial charge in [0.15, 0.2) is 5.82 Å². The van der Waals surface area contributed by atoms with E-state index in [1.54, 1.807) is 0 Å². The summed E-state index contributed by atoms with van der Waals surface area (Å²) in [5.41, 5.74) is 7.34. The number of hydrogen-bond donors (Lipinski definition) is 1. The summed E-state index contributed by atoms with van der Waals surface area (Å²) >= 11 is 0. The Labute approximate surface area is 120 Å². The Hall–Kier alpha value is -1.96. The highest BCUT2D eigenvalue weighted by atomic mass is 19.4. The fourth-order valence-corrected chi connectivity index (χ4v) is 2.22. The summed E-state index contributed by atoms with van der Waals surface area (Å²) in [6.45, 7) is 4.06. The van der Waals surface area contributed by atoms with Gasteiger partial charge < -0.3 is 5.73 Å². The molecule has 0 atom stereocenters. The molecule has 0 aromatic carbocycles. The molecule has 0 fully saturated rings. The molecular weight excluding hydrogens is 283 g/mol. The zero-order chi connectivity index (χ0) is 15.6. The van der Waals surface area contributed by atoms with Gasteiger partial charge in [0.2, 0.25) is 0 Å². The van der Waals surface area contributed by atoms with E-state index in [0.717, 1.165) is 28.3 Å². The molecule has 0 spiro atoms. The number of nitrogens with two attached hydrogens (primary N) is 1. The number of nitrogens with zero attached hydrogens (tertiary/aromatic N) is 4. The summed E-state index contributed by atoms with van der Waals surface area (Å²) in [6, 6.07) is 0. The number of aromatic nitrogens is 4. The Morgan fingerprint density at radius 2 is 1.86 bits per heavy atom. The average molecular weight is 299 g/mol. The van der Waals surface area contributed by atoms with Crippen LogP contribution in [-0.4, -0.2) is 20.0 Å². The first-order valence-corrected chi connectivity index (χ1v) is 6.61. The van der Waals surface area contributed by atoms with Crippen LogP contribution in [0.4, 0.5) is 13.2 Å². The quantitative estimate of drug-likeness (QED) is 0.940. The minimum Gasteiger partial charge on any atom is -0.326 e. The van der Waals surface area contributed by atoms with E-state index in [1.165, 1.54) is 0 Å². The Balaban J connectivity index is 2.56. The van der Waals surface area contributed by atoms with Gasteiger partial charge in [0, 0.05) is 18.3 Å². The van der Waals surface area contributed by atoms with Crippen molar-refractivity contribution >= 4 is 0 Å². The van der Waals surface area contributed by atoms with Crippen LogP contribution in [0.5, 0.6) is 0 Å². The van der Waals surface area contributed by atoms with Crippen LogP contribution in [-0.2, 0) is 25.6 Å². The maximum absolute atomic E-state index is 12.6. The van der Waals surface area contributed by atoms with Crippen LogP contribution in [0, 0.1) is 0 Å². The zero-order valence-electron chi connectivity index (χ0n) is 11.8. The van der Waals surface area contributed by atoms with Gasteiger partial charge in [-0.1, -0.05) is 13.8 Å². The standard InChI is InChI=1S/C13H16F3N5/c1-3-9-10(5-17)12(20-19-11(9)4-2)21-7-8(6-18-21)13(14,15)16/h6-7H,3-5,17H2,1-2H3. The molecular formula is C13H16F3N5. The molecule has 0 aliphatic heterocycles. The van der Waals surface area contributed by atoms with Crippen LogP contribution in [0.2, 0.25) is 0 Å². The predicted octanol–water partition coefficient (Wildman–Crippen LogP) is 2.26. The van der Waals surface area contributed by atoms with Crippen LogP contribution < -0.4 is 5.73 Å². The molecule has 5 nitrogen and oxygen atoms in total. The number of hydrogen-bond acceptors (Lipinski definition) is 4. The van der Waals surface area contributed by atoms with Crippen molar-refractivity contribution in [2.45, 2.75) is 39.4 Å². The third-order valence-corrected chi connectivity index (χ3v) is 3.27. The Bertz CT molecular complexity index is 633. The summed E-state index contributed by atoms with van der Waals surface area (Å²) in [6.07, 6.45) is -1.40. The highest BCUT2D eigenvalue weighted by Crippen LogP contribution is 2.29. The number of aryl methyl sites for hydroxylation is 1. The first-order chi connectivity index (χ1) is 9.92. The lowest BCUT2D eigenvalue weighted by molar-refractivity contribution is -0.137. The molecule has 0 aliphatic carbocycles. The lowest BCUT2D eigenvalue weighted by Crippen LogP contribution is -2.14. The van der Waals surface area contributed by atoms with Crippen molar-refractivity contribution in [3.05, 3.63) is 34.8 Å². The lowest BCUT2D eigenvalue weighted by atomic mass is 10.0. The lowest BCUT2D eigenvalue weighted by Gasteiger charge is -2.13. The minimum atomic E-state index is -4.44. The molecule has 0 saturated heterocycles. The molecule has 2 aromatic rings. The number of alkyl halides is 3. The second-order valence-corrected chi connectivity index (χ2v) is 4.51. The molecule has 2 heterocycles. The highest BCUT2D eigenvalue weighted by Gasteiger charge is 2.32. The zero-order valence-corrected chi connectivity index (χ0v) is 11.8. The fourth-order valence-electron chi connectivity index (χ4n) is 2.22. The third-order valence-electron chi connectivity index (χ3n) is 3.27. The van der Waals surface area contributed by atoms with Gasteiger partial charge in [-0.25, -0.2) is 4.68 Å². The van der Waals surface area contributed by atoms with E-state index in [1.807, 2.05) is 13.8 Å². The molecule has 114 valence electrons. The topological polar surface area (TPSA) is 69.6 Å². The van der Waals surface area contributed by atoms with Gasteiger partial charge in [0.1, 0.15) is 0 Å². The smallest absolute Gasteiger partial charge is 0.326 e. The molecule has 2 N–H and O–H groups in total. The van der Waals surface area contributed by atoms with Crippen molar-refractivity contribution in [2.75, 3.05) is 0 Å². The number of rotatable bonds is 4. The molecule has 2 rings (SSSR count). The van der Waals surface area contributed by atoms with E-state index in [-0.39, 0.29) is 12.4 Å². The van der Waals surface area contributed by atoms with Crippen molar-refractivity contribution in [1.82, 2.24) is 20.0 Å². The average Bonchev–Trinajstić information content (AvgIpc) is 2.95. The van der Waals surface area contributed by atoms with E-state index >= 15 is 0 Å². The Morgan fingerprint density at radius 3 is 2.33 bits per heavy atom. The third kappa shape index (κ3) is 2.90. The molecule has 8 heteroatoms. The van der Waals surface area contributed by atoms with Gasteiger partial charge in [-0.3, -0.25) is 0 Å². The van der Waals surface area contributed by atoms with Gasteiger partial charge in [-0.05, 0) is 18.4 Å². The van der Waals surface area contributed by atoms with Crippen LogP contribution in [0.15, 0.2) is 12.4 Å². The van der Waals surface area contributed by atoms with Gasteiger partial charge in [-0.15, -0.1) is 5.10 Å². The molecule has 0 aliphatic rings. The molecule has 0 saturated carbocycles. The first kappa shape index (κ1) is 15.4. The van der Waals surface area contributed by atoms with Crippen LogP contribution in [0.1, 0.15) is 36.2 Å². The van der Waals surface area contributed by atoms with E-state index < -0.39 is 11.7 Å². The van der Waals surface area contributed by atoms with Crippen molar-refractivity contribution in [2.24, 2.45) is 5.73 Å². The predicted molar refractivity (Wildman–Crippen MR) is 70.8 cm³/mol. The highest BCUT2D eigenvalue weighted by molar-refractivity contribution is 5.41. The van der Waals surface area contributed by atoms with Crippen molar-refractivity contribution in [1.29, 1.82) is 0 Å². The summed E-state index contributed by atoms with van der Waals surface area (Å²) in [5, 5.41) is 11.8. The van der Waals surface area contributed by atoms with E-state index in [0.29, 0.717) is 18.4 Å². The van der Waals surface area contributed by atoms with Crippen LogP contribution in [0.3, 0.4) is 0 Å². The second-order valence-electron chi connectivity index (χ2n) is 4.51. The molecule has 0 amide bonds. The van der Waals surface area contributed by atoms with Crippen molar-refractivity contribution in [3.8, 4) is 5.82 Å². The van der Waals surface area contributed by atoms with Gasteiger partial charge >= 0.3 is 6.18 Å². The SMILES string of the molecule is CCc1nnc(-n2cc(C(F)(F)F)cn2)c(CN)c1CC. The minimum absolute atomic E-state index is 0.169. The second kappa shape index (κ2) is 5.80. The van der Waals surface area contributed by atoms with Gasteiger partial charge in [0.25, 0.3) is 0 Å². The van der Waals surface area contributed by atoms with Crippen LogP contribution in [0.25, 0.3) is 5.82 Å². The Kier molecular flexibility index (Phi) is 4.26. The van der Waals surface area contributed by atoms with Gasteiger partial charge in [0.05, 0.1) is 17.5 Å². The molecule has 0 bridgehead atoms. The maximum Gasteiger partial charge on any atom is 0.419 e. The summed E-state index contributed by atoms with van der Waals surface area (Å²) in [5.74, 6) is 0.252. The first-order valence-electron chi connectivity index (χ1n) is 6.61.